The van der Waals surface area contributed by atoms with Gasteiger partial charge in [-0.15, -0.1) is 52.6 Å². The Morgan fingerprint density at radius 1 is 0.255 bits per heavy atom. The zero-order valence-electron chi connectivity index (χ0n) is 27.7. The minimum absolute atomic E-state index is 0. The summed E-state index contributed by atoms with van der Waals surface area (Å²) in [5.74, 6) is 0. The molecule has 0 fully saturated rings. The van der Waals surface area contributed by atoms with E-state index in [9.17, 15) is 0 Å². The Morgan fingerprint density at radius 2 is 0.510 bits per heavy atom. The molecule has 0 radical (unpaired) electrons. The molecule has 51 heavy (non-hydrogen) atoms. The average Bonchev–Trinajstić information content (AvgIpc) is 3.90. The molecule has 0 nitrogen and oxygen atoms in total. The smallest absolute Gasteiger partial charge is 1.00 e. The van der Waals surface area contributed by atoms with E-state index in [0.717, 1.165) is 0 Å². The third-order valence-electron chi connectivity index (χ3n) is 8.24. The molecule has 0 saturated carbocycles. The second-order valence-electron chi connectivity index (χ2n) is 11.2. The van der Waals surface area contributed by atoms with Gasteiger partial charge in [0.1, 0.15) is 0 Å². The van der Waals surface area contributed by atoms with Crippen molar-refractivity contribution >= 4 is 32.3 Å². The molecule has 0 aliphatic heterocycles. The van der Waals surface area contributed by atoms with E-state index >= 15 is 0 Å². The van der Waals surface area contributed by atoms with Crippen molar-refractivity contribution in [3.63, 3.8) is 0 Å². The molecule has 0 aromatic heterocycles. The summed E-state index contributed by atoms with van der Waals surface area (Å²) in [7, 11) is 0. The van der Waals surface area contributed by atoms with Crippen LogP contribution in [0.4, 0.5) is 0 Å². The molecule has 0 unspecified atom stereocenters. The standard InChI is InChI=1S/3C15H11.3ClH.3Ti/c3*1-2-5-12(6-3-1)15-10-9-13-7-4-8-14(13)11-15;;;;;;/h3*1-11H;3*1H;;;/q3*-1;;;;3*+2/p-3. The maximum absolute atomic E-state index is 2.24. The first kappa shape index (κ1) is 46.2. The number of fused-ring (bicyclic) bond motifs is 3. The zero-order valence-corrected chi connectivity index (χ0v) is 34.6. The van der Waals surface area contributed by atoms with Crippen LogP contribution >= 0.6 is 0 Å². The molecule has 0 N–H and O–H groups in total. The number of hydrogen-bond donors (Lipinski definition) is 0. The molecule has 246 valence electrons. The number of benzene rings is 6. The predicted molar refractivity (Wildman–Crippen MR) is 195 cm³/mol. The molecule has 0 aliphatic rings. The summed E-state index contributed by atoms with van der Waals surface area (Å²) < 4.78 is 0. The van der Waals surface area contributed by atoms with Gasteiger partial charge in [0.25, 0.3) is 0 Å². The topological polar surface area (TPSA) is 0 Å². The van der Waals surface area contributed by atoms with Crippen LogP contribution in [0.15, 0.2) is 200 Å². The Bertz CT molecular complexity index is 2010. The van der Waals surface area contributed by atoms with E-state index in [2.05, 4.69) is 182 Å². The van der Waals surface area contributed by atoms with Gasteiger partial charge >= 0.3 is 65.2 Å². The molecule has 0 atom stereocenters. The van der Waals surface area contributed by atoms with Crippen LogP contribution in [0.25, 0.3) is 65.7 Å². The van der Waals surface area contributed by atoms with Crippen molar-refractivity contribution in [2.75, 3.05) is 0 Å². The summed E-state index contributed by atoms with van der Waals surface area (Å²) in [6.07, 6.45) is 0. The molecule has 0 bridgehead atoms. The Hall–Kier alpha value is -2.84. The number of hydrogen-bond acceptors (Lipinski definition) is 0. The van der Waals surface area contributed by atoms with Crippen LogP contribution in [0.1, 0.15) is 0 Å². The van der Waals surface area contributed by atoms with Crippen molar-refractivity contribution in [3.8, 4) is 33.4 Å². The fraction of sp³-hybridized carbons (Fsp3) is 0. The zero-order chi connectivity index (χ0) is 30.3. The van der Waals surface area contributed by atoms with Gasteiger partial charge in [-0.3, -0.25) is 0 Å². The minimum Gasteiger partial charge on any atom is -1.00 e. The molecule has 0 aliphatic carbocycles. The van der Waals surface area contributed by atoms with Crippen LogP contribution in [0.2, 0.25) is 0 Å². The van der Waals surface area contributed by atoms with Gasteiger partial charge in [0.2, 0.25) is 0 Å². The van der Waals surface area contributed by atoms with Crippen molar-refractivity contribution in [2.45, 2.75) is 0 Å². The van der Waals surface area contributed by atoms with Crippen molar-refractivity contribution in [2.24, 2.45) is 0 Å². The summed E-state index contributed by atoms with van der Waals surface area (Å²) in [5, 5.41) is 7.89. The molecule has 0 amide bonds. The first-order chi connectivity index (χ1) is 22.3. The molecule has 6 heteroatoms. The molecule has 9 aromatic rings. The van der Waals surface area contributed by atoms with E-state index in [-0.39, 0.29) is 102 Å². The number of halogens is 3. The fourth-order valence-corrected chi connectivity index (χ4v) is 5.81. The summed E-state index contributed by atoms with van der Waals surface area (Å²) in [4.78, 5) is 0. The largest absolute Gasteiger partial charge is 2.00 e. The molecule has 0 heterocycles. The molecular formula is C45H33Cl3Ti3. The SMILES string of the molecule is [Cl-].[Cl-].[Cl-].[Ti+2].[Ti+2].[Ti+2].c1ccc(-c2ccc3[cH-]ccc3c2)cc1.c1ccc(-c2ccc3[cH-]ccc3c2)cc1.c1ccc(-c2ccc3[cH-]ccc3c2)cc1. The van der Waals surface area contributed by atoms with Crippen LogP contribution in [0.5, 0.6) is 0 Å². The normalized spacial score (nSPS) is 9.41. The van der Waals surface area contributed by atoms with E-state index in [1.165, 1.54) is 65.7 Å². The van der Waals surface area contributed by atoms with Gasteiger partial charge in [-0.05, 0) is 33.4 Å². The molecule has 9 aromatic carbocycles. The molecule has 0 saturated heterocycles. The van der Waals surface area contributed by atoms with Gasteiger partial charge in [-0.2, -0.15) is 52.6 Å². The second-order valence-corrected chi connectivity index (χ2v) is 11.2. The second kappa shape index (κ2) is 23.0. The van der Waals surface area contributed by atoms with Crippen molar-refractivity contribution in [1.29, 1.82) is 0 Å². The molecule has 0 spiro atoms. The Balaban J connectivity index is 0.000000361. The third-order valence-corrected chi connectivity index (χ3v) is 8.24. The summed E-state index contributed by atoms with van der Waals surface area (Å²) in [5.41, 5.74) is 7.69. The van der Waals surface area contributed by atoms with E-state index in [4.69, 9.17) is 0 Å². The maximum Gasteiger partial charge on any atom is 2.00 e. The maximum atomic E-state index is 2.24. The van der Waals surface area contributed by atoms with Crippen LogP contribution in [-0.2, 0) is 65.2 Å². The molecule has 9 rings (SSSR count). The van der Waals surface area contributed by atoms with Gasteiger partial charge < -0.3 is 37.2 Å². The molecular weight excluding hydrogens is 790 g/mol. The predicted octanol–water partition coefficient (Wildman–Crippen LogP) is 3.68. The van der Waals surface area contributed by atoms with Crippen LogP contribution in [-0.4, -0.2) is 0 Å². The van der Waals surface area contributed by atoms with Crippen LogP contribution < -0.4 is 37.2 Å². The number of rotatable bonds is 3. The van der Waals surface area contributed by atoms with E-state index in [1.807, 2.05) is 18.2 Å². The van der Waals surface area contributed by atoms with Crippen LogP contribution in [0.3, 0.4) is 0 Å². The van der Waals surface area contributed by atoms with Gasteiger partial charge in [-0.25, -0.2) is 0 Å². The monoisotopic (exact) mass is 822 g/mol. The van der Waals surface area contributed by atoms with Crippen molar-refractivity contribution < 1.29 is 102 Å². The Morgan fingerprint density at radius 3 is 0.765 bits per heavy atom. The van der Waals surface area contributed by atoms with E-state index < -0.39 is 0 Å². The van der Waals surface area contributed by atoms with Gasteiger partial charge in [0, 0.05) is 0 Å². The summed E-state index contributed by atoms with van der Waals surface area (Å²) in [6.45, 7) is 0. The first-order valence-corrected chi connectivity index (χ1v) is 15.4. The van der Waals surface area contributed by atoms with Gasteiger partial charge in [0.05, 0.1) is 0 Å². The van der Waals surface area contributed by atoms with Gasteiger partial charge in [0.15, 0.2) is 0 Å². The third kappa shape index (κ3) is 11.8. The fourth-order valence-electron chi connectivity index (χ4n) is 5.81. The summed E-state index contributed by atoms with van der Waals surface area (Å²) >= 11 is 0. The van der Waals surface area contributed by atoms with Gasteiger partial charge in [-0.1, -0.05) is 127 Å². The Kier molecular flexibility index (Phi) is 20.8. The quantitative estimate of drug-likeness (QED) is 0.189. The summed E-state index contributed by atoms with van der Waals surface area (Å²) in [6, 6.07) is 70.4. The van der Waals surface area contributed by atoms with E-state index in [0.29, 0.717) is 0 Å². The van der Waals surface area contributed by atoms with Crippen molar-refractivity contribution in [3.05, 3.63) is 200 Å². The van der Waals surface area contributed by atoms with Crippen LogP contribution in [0, 0.1) is 0 Å². The van der Waals surface area contributed by atoms with Crippen molar-refractivity contribution in [1.82, 2.24) is 0 Å². The van der Waals surface area contributed by atoms with E-state index in [1.54, 1.807) is 0 Å². The minimum atomic E-state index is 0. The first-order valence-electron chi connectivity index (χ1n) is 15.4. The average molecular weight is 824 g/mol. The Labute approximate surface area is 364 Å².